The molecule has 0 aliphatic rings. The molecule has 1 heterocycles. The van der Waals surface area contributed by atoms with E-state index >= 15 is 0 Å². The van der Waals surface area contributed by atoms with Gasteiger partial charge in [-0.1, -0.05) is 17.7 Å². The molecule has 4 nitrogen and oxygen atoms in total. The Labute approximate surface area is 120 Å². The number of rotatable bonds is 3. The fourth-order valence-electron chi connectivity index (χ4n) is 1.86. The van der Waals surface area contributed by atoms with Gasteiger partial charge in [0.15, 0.2) is 5.69 Å². The van der Waals surface area contributed by atoms with Crippen molar-refractivity contribution in [1.29, 1.82) is 0 Å². The van der Waals surface area contributed by atoms with Crippen molar-refractivity contribution in [1.82, 2.24) is 9.97 Å². The number of halogens is 3. The van der Waals surface area contributed by atoms with Crippen molar-refractivity contribution in [2.45, 2.75) is 20.0 Å². The van der Waals surface area contributed by atoms with Crippen LogP contribution in [0.1, 0.15) is 16.8 Å². The van der Waals surface area contributed by atoms with Gasteiger partial charge in [0.2, 0.25) is 5.95 Å². The third-order valence-electron chi connectivity index (χ3n) is 2.88. The molecule has 0 amide bonds. The molecular formula is C14H15F3N4. The van der Waals surface area contributed by atoms with E-state index in [1.807, 2.05) is 26.0 Å². The third-order valence-corrected chi connectivity index (χ3v) is 2.88. The molecule has 0 aliphatic carbocycles. The van der Waals surface area contributed by atoms with E-state index in [0.717, 1.165) is 17.2 Å². The number of benzene rings is 1. The highest BCUT2D eigenvalue weighted by Gasteiger charge is 2.33. The van der Waals surface area contributed by atoms with Crippen LogP contribution in [0.4, 0.5) is 30.6 Å². The van der Waals surface area contributed by atoms with Gasteiger partial charge in [-0.3, -0.25) is 0 Å². The molecule has 0 spiro atoms. The highest BCUT2D eigenvalue weighted by Crippen LogP contribution is 2.30. The summed E-state index contributed by atoms with van der Waals surface area (Å²) in [4.78, 5) is 7.40. The number of anilines is 3. The van der Waals surface area contributed by atoms with Gasteiger partial charge in [0.25, 0.3) is 0 Å². The molecule has 0 aliphatic heterocycles. The van der Waals surface area contributed by atoms with E-state index < -0.39 is 11.9 Å². The topological polar surface area (TPSA) is 49.8 Å². The van der Waals surface area contributed by atoms with Crippen LogP contribution >= 0.6 is 0 Å². The minimum atomic E-state index is -4.52. The molecule has 1 aromatic carbocycles. The Morgan fingerprint density at radius 2 is 1.76 bits per heavy atom. The van der Waals surface area contributed by atoms with Crippen LogP contribution in [0.25, 0.3) is 0 Å². The second-order valence-corrected chi connectivity index (χ2v) is 4.65. The Morgan fingerprint density at radius 3 is 2.33 bits per heavy atom. The summed E-state index contributed by atoms with van der Waals surface area (Å²) in [7, 11) is 1.47. The van der Waals surface area contributed by atoms with Crippen molar-refractivity contribution in [2.24, 2.45) is 0 Å². The quantitative estimate of drug-likeness (QED) is 0.902. The van der Waals surface area contributed by atoms with Crippen molar-refractivity contribution in [3.63, 3.8) is 0 Å². The second-order valence-electron chi connectivity index (χ2n) is 4.65. The summed E-state index contributed by atoms with van der Waals surface area (Å²) in [6.45, 7) is 3.82. The molecule has 0 radical (unpaired) electrons. The van der Waals surface area contributed by atoms with E-state index in [9.17, 15) is 13.2 Å². The lowest BCUT2D eigenvalue weighted by Crippen LogP contribution is -2.12. The molecule has 21 heavy (non-hydrogen) atoms. The van der Waals surface area contributed by atoms with E-state index in [-0.39, 0.29) is 11.8 Å². The Balaban J connectivity index is 2.39. The zero-order chi connectivity index (χ0) is 15.6. The van der Waals surface area contributed by atoms with Crippen LogP contribution < -0.4 is 10.6 Å². The van der Waals surface area contributed by atoms with Gasteiger partial charge in [0.05, 0.1) is 0 Å². The van der Waals surface area contributed by atoms with Gasteiger partial charge in [0.1, 0.15) is 5.82 Å². The lowest BCUT2D eigenvalue weighted by atomic mass is 10.1. The molecule has 2 rings (SSSR count). The maximum Gasteiger partial charge on any atom is 0.433 e. The molecular weight excluding hydrogens is 281 g/mol. The van der Waals surface area contributed by atoms with E-state index in [1.165, 1.54) is 7.05 Å². The summed E-state index contributed by atoms with van der Waals surface area (Å²) in [5, 5.41) is 5.42. The summed E-state index contributed by atoms with van der Waals surface area (Å²) < 4.78 is 38.4. The standard InChI is InChI=1S/C14H15F3N4/c1-8-4-5-10(9(2)6-8)19-12-7-11(14(15,16)17)20-13(18-3)21-12/h4-7H,1-3H3,(H2,18,19,20,21). The first kappa shape index (κ1) is 15.1. The second kappa shape index (κ2) is 5.59. The van der Waals surface area contributed by atoms with E-state index in [2.05, 4.69) is 20.6 Å². The summed E-state index contributed by atoms with van der Waals surface area (Å²) in [5.74, 6) is 0.00529. The van der Waals surface area contributed by atoms with Crippen LogP contribution in [0.3, 0.4) is 0 Å². The van der Waals surface area contributed by atoms with Crippen molar-refractivity contribution in [3.8, 4) is 0 Å². The predicted molar refractivity (Wildman–Crippen MR) is 75.8 cm³/mol. The fraction of sp³-hybridized carbons (Fsp3) is 0.286. The van der Waals surface area contributed by atoms with Crippen LogP contribution in [0.2, 0.25) is 0 Å². The molecule has 2 aromatic rings. The van der Waals surface area contributed by atoms with Crippen molar-refractivity contribution in [2.75, 3.05) is 17.7 Å². The van der Waals surface area contributed by atoms with Gasteiger partial charge < -0.3 is 10.6 Å². The first-order valence-corrected chi connectivity index (χ1v) is 6.28. The van der Waals surface area contributed by atoms with Crippen LogP contribution in [0.15, 0.2) is 24.3 Å². The molecule has 112 valence electrons. The molecule has 0 saturated heterocycles. The summed E-state index contributed by atoms with van der Waals surface area (Å²) >= 11 is 0. The molecule has 0 fully saturated rings. The zero-order valence-electron chi connectivity index (χ0n) is 11.8. The van der Waals surface area contributed by atoms with Gasteiger partial charge in [0, 0.05) is 18.8 Å². The number of hydrogen-bond donors (Lipinski definition) is 2. The minimum Gasteiger partial charge on any atom is -0.357 e. The van der Waals surface area contributed by atoms with Crippen LogP contribution in [-0.4, -0.2) is 17.0 Å². The van der Waals surface area contributed by atoms with Gasteiger partial charge in [-0.2, -0.15) is 18.2 Å². The summed E-state index contributed by atoms with van der Waals surface area (Å²) in [5.41, 5.74) is 1.71. The fourth-order valence-corrected chi connectivity index (χ4v) is 1.86. The summed E-state index contributed by atoms with van der Waals surface area (Å²) in [6.07, 6.45) is -4.52. The van der Waals surface area contributed by atoms with E-state index in [4.69, 9.17) is 0 Å². The van der Waals surface area contributed by atoms with Crippen molar-refractivity contribution in [3.05, 3.63) is 41.1 Å². The largest absolute Gasteiger partial charge is 0.433 e. The number of nitrogens with one attached hydrogen (secondary N) is 2. The van der Waals surface area contributed by atoms with Gasteiger partial charge >= 0.3 is 6.18 Å². The van der Waals surface area contributed by atoms with Crippen LogP contribution in [0.5, 0.6) is 0 Å². The number of alkyl halides is 3. The Bertz CT molecular complexity index is 653. The highest BCUT2D eigenvalue weighted by molar-refractivity contribution is 5.62. The third kappa shape index (κ3) is 3.62. The Kier molecular flexibility index (Phi) is 4.02. The first-order valence-electron chi connectivity index (χ1n) is 6.28. The average molecular weight is 296 g/mol. The molecule has 0 saturated carbocycles. The van der Waals surface area contributed by atoms with Crippen LogP contribution in [0, 0.1) is 13.8 Å². The highest BCUT2D eigenvalue weighted by atomic mass is 19.4. The smallest absolute Gasteiger partial charge is 0.357 e. The molecule has 0 bridgehead atoms. The monoisotopic (exact) mass is 296 g/mol. The number of aromatic nitrogens is 2. The lowest BCUT2D eigenvalue weighted by Gasteiger charge is -2.13. The number of hydrogen-bond acceptors (Lipinski definition) is 4. The SMILES string of the molecule is CNc1nc(Nc2ccc(C)cc2C)cc(C(F)(F)F)n1. The maximum atomic E-state index is 12.8. The van der Waals surface area contributed by atoms with Crippen LogP contribution in [-0.2, 0) is 6.18 Å². The molecule has 7 heteroatoms. The average Bonchev–Trinajstić information content (AvgIpc) is 2.40. The first-order chi connectivity index (χ1) is 9.79. The van der Waals surface area contributed by atoms with Crippen molar-refractivity contribution >= 4 is 17.5 Å². The molecule has 0 atom stereocenters. The molecule has 2 N–H and O–H groups in total. The number of aryl methyl sites for hydroxylation is 2. The molecule has 0 unspecified atom stereocenters. The minimum absolute atomic E-state index is 0.0860. The van der Waals surface area contributed by atoms with Gasteiger partial charge in [-0.15, -0.1) is 0 Å². The van der Waals surface area contributed by atoms with Crippen molar-refractivity contribution < 1.29 is 13.2 Å². The Hall–Kier alpha value is -2.31. The molecule has 1 aromatic heterocycles. The Morgan fingerprint density at radius 1 is 1.05 bits per heavy atom. The van der Waals surface area contributed by atoms with E-state index in [0.29, 0.717) is 5.69 Å². The summed E-state index contributed by atoms with van der Waals surface area (Å²) in [6, 6.07) is 6.51. The number of nitrogens with zero attached hydrogens (tertiary/aromatic N) is 2. The lowest BCUT2D eigenvalue weighted by molar-refractivity contribution is -0.141. The van der Waals surface area contributed by atoms with E-state index in [1.54, 1.807) is 6.07 Å². The maximum absolute atomic E-state index is 12.8. The van der Waals surface area contributed by atoms with Gasteiger partial charge in [-0.05, 0) is 25.5 Å². The van der Waals surface area contributed by atoms with Gasteiger partial charge in [-0.25, -0.2) is 4.98 Å². The predicted octanol–water partition coefficient (Wildman–Crippen LogP) is 3.90. The normalized spacial score (nSPS) is 11.3. The zero-order valence-corrected chi connectivity index (χ0v) is 11.8.